The minimum atomic E-state index is 0.132. The average molecular weight is 211 g/mol. The molecule has 0 saturated carbocycles. The Morgan fingerprint density at radius 1 is 1.07 bits per heavy atom. The lowest BCUT2D eigenvalue weighted by atomic mass is 10.1. The van der Waals surface area contributed by atoms with Gasteiger partial charge in [-0.2, -0.15) is 0 Å². The fraction of sp³-hybridized carbons (Fsp3) is 0.909. The molecule has 0 spiro atoms. The zero-order valence-electron chi connectivity index (χ0n) is 9.30. The summed E-state index contributed by atoms with van der Waals surface area (Å²) in [5.41, 5.74) is 0. The summed E-state index contributed by atoms with van der Waals surface area (Å²) in [4.78, 5) is 14.2. The van der Waals surface area contributed by atoms with Gasteiger partial charge in [-0.05, 0) is 32.2 Å². The second-order valence-corrected chi connectivity index (χ2v) is 4.44. The topological polar surface area (TPSA) is 44.4 Å². The van der Waals surface area contributed by atoms with Crippen LogP contribution in [0.15, 0.2) is 0 Å². The largest absolute Gasteiger partial charge is 0.355 e. The molecule has 15 heavy (non-hydrogen) atoms. The van der Waals surface area contributed by atoms with Crippen molar-refractivity contribution in [1.82, 2.24) is 15.5 Å². The Balaban J connectivity index is 1.95. The van der Waals surface area contributed by atoms with Crippen molar-refractivity contribution >= 4 is 5.91 Å². The van der Waals surface area contributed by atoms with Crippen LogP contribution in [0.4, 0.5) is 0 Å². The van der Waals surface area contributed by atoms with Crippen LogP contribution in [0.5, 0.6) is 0 Å². The third-order valence-electron chi connectivity index (χ3n) is 3.32. The highest BCUT2D eigenvalue weighted by Crippen LogP contribution is 2.13. The third kappa shape index (κ3) is 2.92. The molecule has 1 atom stereocenters. The van der Waals surface area contributed by atoms with Crippen molar-refractivity contribution in [2.45, 2.75) is 31.7 Å². The van der Waals surface area contributed by atoms with Gasteiger partial charge < -0.3 is 10.6 Å². The third-order valence-corrected chi connectivity index (χ3v) is 3.32. The molecule has 2 heterocycles. The van der Waals surface area contributed by atoms with Crippen LogP contribution in [0, 0.1) is 0 Å². The lowest BCUT2D eigenvalue weighted by Gasteiger charge is -2.27. The Morgan fingerprint density at radius 2 is 2.00 bits per heavy atom. The molecule has 2 aliphatic rings. The van der Waals surface area contributed by atoms with E-state index in [0.717, 1.165) is 52.0 Å². The second kappa shape index (κ2) is 5.47. The van der Waals surface area contributed by atoms with Crippen LogP contribution >= 0.6 is 0 Å². The molecule has 0 aliphatic carbocycles. The van der Waals surface area contributed by atoms with Crippen molar-refractivity contribution in [3.63, 3.8) is 0 Å². The molecule has 0 aromatic rings. The summed E-state index contributed by atoms with van der Waals surface area (Å²) >= 11 is 0. The van der Waals surface area contributed by atoms with E-state index in [1.54, 1.807) is 0 Å². The van der Waals surface area contributed by atoms with Crippen LogP contribution in [0.25, 0.3) is 0 Å². The summed E-state index contributed by atoms with van der Waals surface area (Å²) in [6.45, 7) is 5.04. The van der Waals surface area contributed by atoms with Crippen LogP contribution in [0.1, 0.15) is 25.7 Å². The molecule has 2 saturated heterocycles. The van der Waals surface area contributed by atoms with Gasteiger partial charge in [-0.3, -0.25) is 9.69 Å². The first-order valence-electron chi connectivity index (χ1n) is 6.10. The van der Waals surface area contributed by atoms with E-state index in [0.29, 0.717) is 0 Å². The maximum absolute atomic E-state index is 11.9. The molecule has 2 aliphatic heterocycles. The quantitative estimate of drug-likeness (QED) is 0.639. The molecular weight excluding hydrogens is 190 g/mol. The zero-order chi connectivity index (χ0) is 10.5. The second-order valence-electron chi connectivity index (χ2n) is 4.44. The first-order chi connectivity index (χ1) is 7.38. The van der Waals surface area contributed by atoms with Gasteiger partial charge in [-0.15, -0.1) is 0 Å². The number of carbonyl (C=O) groups is 1. The fourth-order valence-corrected chi connectivity index (χ4v) is 2.45. The van der Waals surface area contributed by atoms with Crippen molar-refractivity contribution in [2.24, 2.45) is 0 Å². The Labute approximate surface area is 91.4 Å². The molecule has 2 rings (SSSR count). The van der Waals surface area contributed by atoms with E-state index in [1.807, 2.05) is 0 Å². The van der Waals surface area contributed by atoms with E-state index in [2.05, 4.69) is 15.5 Å². The standard InChI is InChI=1S/C11H21N3O/c15-11-10(4-1-2-6-13-11)14-8-3-5-12-7-9-14/h10,12H,1-9H2,(H,13,15). The van der Waals surface area contributed by atoms with Gasteiger partial charge >= 0.3 is 0 Å². The molecule has 0 aromatic carbocycles. The first-order valence-corrected chi connectivity index (χ1v) is 6.10. The van der Waals surface area contributed by atoms with E-state index >= 15 is 0 Å². The molecule has 1 amide bonds. The highest BCUT2D eigenvalue weighted by Gasteiger charge is 2.27. The number of hydrogen-bond donors (Lipinski definition) is 2. The summed E-state index contributed by atoms with van der Waals surface area (Å²) in [6, 6.07) is 0.132. The smallest absolute Gasteiger partial charge is 0.237 e. The van der Waals surface area contributed by atoms with E-state index in [1.165, 1.54) is 6.42 Å². The summed E-state index contributed by atoms with van der Waals surface area (Å²) < 4.78 is 0. The van der Waals surface area contributed by atoms with Gasteiger partial charge in [0, 0.05) is 26.2 Å². The lowest BCUT2D eigenvalue weighted by molar-refractivity contribution is -0.126. The molecule has 0 aromatic heterocycles. The molecule has 2 N–H and O–H groups in total. The van der Waals surface area contributed by atoms with E-state index in [-0.39, 0.29) is 11.9 Å². The highest BCUT2D eigenvalue weighted by molar-refractivity contribution is 5.81. The Morgan fingerprint density at radius 3 is 2.93 bits per heavy atom. The molecule has 2 fully saturated rings. The van der Waals surface area contributed by atoms with E-state index in [4.69, 9.17) is 0 Å². The van der Waals surface area contributed by atoms with Gasteiger partial charge in [0.05, 0.1) is 6.04 Å². The Bertz CT molecular complexity index is 212. The first kappa shape index (κ1) is 10.9. The summed E-state index contributed by atoms with van der Waals surface area (Å²) in [7, 11) is 0. The predicted octanol–water partition coefficient (Wildman–Crippen LogP) is -0.0496. The van der Waals surface area contributed by atoms with Crippen molar-refractivity contribution in [3.8, 4) is 0 Å². The molecule has 1 unspecified atom stereocenters. The Hall–Kier alpha value is -0.610. The van der Waals surface area contributed by atoms with Crippen molar-refractivity contribution in [2.75, 3.05) is 32.7 Å². The molecule has 0 radical (unpaired) electrons. The van der Waals surface area contributed by atoms with E-state index in [9.17, 15) is 4.79 Å². The van der Waals surface area contributed by atoms with Crippen LogP contribution in [-0.4, -0.2) is 49.6 Å². The summed E-state index contributed by atoms with van der Waals surface area (Å²) in [5.74, 6) is 0.245. The van der Waals surface area contributed by atoms with Crippen molar-refractivity contribution < 1.29 is 4.79 Å². The minimum Gasteiger partial charge on any atom is -0.355 e. The zero-order valence-corrected chi connectivity index (χ0v) is 9.30. The van der Waals surface area contributed by atoms with Crippen molar-refractivity contribution in [1.29, 1.82) is 0 Å². The van der Waals surface area contributed by atoms with Gasteiger partial charge in [0.25, 0.3) is 0 Å². The minimum absolute atomic E-state index is 0.132. The maximum Gasteiger partial charge on any atom is 0.237 e. The fourth-order valence-electron chi connectivity index (χ4n) is 2.45. The predicted molar refractivity (Wildman–Crippen MR) is 59.7 cm³/mol. The van der Waals surface area contributed by atoms with Gasteiger partial charge in [-0.25, -0.2) is 0 Å². The number of carbonyl (C=O) groups excluding carboxylic acids is 1. The number of amides is 1. The number of hydrogen-bond acceptors (Lipinski definition) is 3. The van der Waals surface area contributed by atoms with Crippen LogP contribution in [0.3, 0.4) is 0 Å². The van der Waals surface area contributed by atoms with Gasteiger partial charge in [0.2, 0.25) is 5.91 Å². The maximum atomic E-state index is 11.9. The molecular formula is C11H21N3O. The monoisotopic (exact) mass is 211 g/mol. The van der Waals surface area contributed by atoms with Crippen LogP contribution in [-0.2, 0) is 4.79 Å². The molecule has 4 nitrogen and oxygen atoms in total. The number of nitrogens with zero attached hydrogens (tertiary/aromatic N) is 1. The van der Waals surface area contributed by atoms with Gasteiger partial charge in [-0.1, -0.05) is 0 Å². The molecule has 86 valence electrons. The van der Waals surface area contributed by atoms with Gasteiger partial charge in [0.15, 0.2) is 0 Å². The highest BCUT2D eigenvalue weighted by atomic mass is 16.2. The number of nitrogens with one attached hydrogen (secondary N) is 2. The molecule has 0 bridgehead atoms. The van der Waals surface area contributed by atoms with Crippen molar-refractivity contribution in [3.05, 3.63) is 0 Å². The summed E-state index contributed by atoms with van der Waals surface area (Å²) in [5, 5.41) is 6.38. The normalized spacial score (nSPS) is 30.4. The summed E-state index contributed by atoms with van der Waals surface area (Å²) in [6.07, 6.45) is 4.50. The van der Waals surface area contributed by atoms with Crippen LogP contribution < -0.4 is 10.6 Å². The van der Waals surface area contributed by atoms with E-state index < -0.39 is 0 Å². The van der Waals surface area contributed by atoms with Gasteiger partial charge in [0.1, 0.15) is 0 Å². The lowest BCUT2D eigenvalue weighted by Crippen LogP contribution is -2.47. The molecule has 4 heteroatoms. The average Bonchev–Trinajstić information content (AvgIpc) is 2.59. The van der Waals surface area contributed by atoms with Crippen LogP contribution in [0.2, 0.25) is 0 Å². The number of rotatable bonds is 1. The Kier molecular flexibility index (Phi) is 3.97. The SMILES string of the molecule is O=C1NCCCCC1N1CCCNCC1.